The number of carbonyl (C=O) groups is 1. The molecule has 1 aromatic rings. The third-order valence-corrected chi connectivity index (χ3v) is 2.14. The van der Waals surface area contributed by atoms with Crippen molar-refractivity contribution in [1.29, 1.82) is 0 Å². The van der Waals surface area contributed by atoms with Gasteiger partial charge in [-0.3, -0.25) is 0 Å². The van der Waals surface area contributed by atoms with Crippen LogP contribution in [0.1, 0.15) is 22.8 Å². The summed E-state index contributed by atoms with van der Waals surface area (Å²) in [6, 6.07) is 2.91. The second-order valence-electron chi connectivity index (χ2n) is 3.68. The fraction of sp³-hybridized carbons (Fsp3) is 0.364. The number of ether oxygens (including phenoxy) is 1. The Morgan fingerprint density at radius 2 is 2.19 bits per heavy atom. The van der Waals surface area contributed by atoms with E-state index in [4.69, 9.17) is 15.6 Å². The highest BCUT2D eigenvalue weighted by Crippen LogP contribution is 2.31. The molecule has 0 spiro atoms. The second kappa shape index (κ2) is 4.85. The van der Waals surface area contributed by atoms with E-state index in [9.17, 15) is 9.90 Å². The van der Waals surface area contributed by atoms with Gasteiger partial charge in [0.05, 0.1) is 7.11 Å². The van der Waals surface area contributed by atoms with Gasteiger partial charge < -0.3 is 20.7 Å². The molecule has 0 fully saturated rings. The Morgan fingerprint density at radius 3 is 2.62 bits per heavy atom. The van der Waals surface area contributed by atoms with Crippen LogP contribution in [-0.2, 0) is 6.42 Å². The van der Waals surface area contributed by atoms with Crippen molar-refractivity contribution in [1.82, 2.24) is 0 Å². The maximum absolute atomic E-state index is 10.9. The number of benzene rings is 1. The van der Waals surface area contributed by atoms with Crippen LogP contribution >= 0.6 is 0 Å². The first-order valence-corrected chi connectivity index (χ1v) is 4.84. The Hall–Kier alpha value is -1.75. The highest BCUT2D eigenvalue weighted by molar-refractivity contribution is 5.92. The van der Waals surface area contributed by atoms with E-state index < -0.39 is 5.97 Å². The van der Waals surface area contributed by atoms with Gasteiger partial charge in [0, 0.05) is 6.04 Å². The number of rotatable bonds is 4. The molecule has 5 nitrogen and oxygen atoms in total. The lowest BCUT2D eigenvalue weighted by Crippen LogP contribution is -2.18. The molecule has 1 aromatic carbocycles. The van der Waals surface area contributed by atoms with Crippen molar-refractivity contribution in [2.75, 3.05) is 7.11 Å². The zero-order valence-electron chi connectivity index (χ0n) is 9.23. The van der Waals surface area contributed by atoms with Gasteiger partial charge in [0.25, 0.3) is 0 Å². The smallest absolute Gasteiger partial charge is 0.339 e. The standard InChI is InChI=1S/C11H15NO4/c1-6(12)3-7-4-8(11(14)15)10(13)9(5-7)16-2/h4-6,13H,3,12H2,1-2H3,(H,14,15). The summed E-state index contributed by atoms with van der Waals surface area (Å²) in [6.45, 7) is 1.82. The fourth-order valence-electron chi connectivity index (χ4n) is 1.47. The first-order chi connectivity index (χ1) is 7.45. The summed E-state index contributed by atoms with van der Waals surface area (Å²) in [4.78, 5) is 10.9. The quantitative estimate of drug-likeness (QED) is 0.710. The van der Waals surface area contributed by atoms with E-state index >= 15 is 0 Å². The molecule has 0 heterocycles. The van der Waals surface area contributed by atoms with Gasteiger partial charge in [-0.2, -0.15) is 0 Å². The predicted octanol–water partition coefficient (Wildman–Crippen LogP) is 0.989. The Morgan fingerprint density at radius 1 is 1.56 bits per heavy atom. The van der Waals surface area contributed by atoms with Gasteiger partial charge >= 0.3 is 5.97 Å². The van der Waals surface area contributed by atoms with Crippen LogP contribution in [0.2, 0.25) is 0 Å². The van der Waals surface area contributed by atoms with Gasteiger partial charge in [-0.05, 0) is 31.0 Å². The van der Waals surface area contributed by atoms with Crippen molar-refractivity contribution in [2.24, 2.45) is 5.73 Å². The molecule has 4 N–H and O–H groups in total. The van der Waals surface area contributed by atoms with Gasteiger partial charge in [-0.25, -0.2) is 4.79 Å². The summed E-state index contributed by atoms with van der Waals surface area (Å²) in [5.41, 5.74) is 6.18. The summed E-state index contributed by atoms with van der Waals surface area (Å²) in [5.74, 6) is -1.40. The molecule has 1 atom stereocenters. The lowest BCUT2D eigenvalue weighted by molar-refractivity contribution is 0.0693. The van der Waals surface area contributed by atoms with E-state index in [2.05, 4.69) is 0 Å². The minimum Gasteiger partial charge on any atom is -0.504 e. The van der Waals surface area contributed by atoms with E-state index in [-0.39, 0.29) is 23.1 Å². The summed E-state index contributed by atoms with van der Waals surface area (Å²) >= 11 is 0. The third-order valence-electron chi connectivity index (χ3n) is 2.14. The number of phenols is 1. The van der Waals surface area contributed by atoms with Gasteiger partial charge in [0.1, 0.15) is 5.56 Å². The van der Waals surface area contributed by atoms with Gasteiger partial charge in [0.2, 0.25) is 0 Å². The van der Waals surface area contributed by atoms with Crippen LogP contribution in [0.4, 0.5) is 0 Å². The molecule has 16 heavy (non-hydrogen) atoms. The van der Waals surface area contributed by atoms with Crippen molar-refractivity contribution in [3.05, 3.63) is 23.3 Å². The first kappa shape index (κ1) is 12.3. The van der Waals surface area contributed by atoms with Crippen LogP contribution in [0.15, 0.2) is 12.1 Å². The van der Waals surface area contributed by atoms with Crippen LogP contribution in [-0.4, -0.2) is 29.3 Å². The molecule has 0 radical (unpaired) electrons. The Balaban J connectivity index is 3.23. The van der Waals surface area contributed by atoms with E-state index in [0.29, 0.717) is 6.42 Å². The number of aromatic hydroxyl groups is 1. The molecule has 0 aliphatic carbocycles. The molecule has 5 heteroatoms. The fourth-order valence-corrected chi connectivity index (χ4v) is 1.47. The van der Waals surface area contributed by atoms with Crippen LogP contribution in [0.25, 0.3) is 0 Å². The molecular formula is C11H15NO4. The van der Waals surface area contributed by atoms with Gasteiger partial charge in [0.15, 0.2) is 11.5 Å². The zero-order chi connectivity index (χ0) is 12.3. The molecule has 88 valence electrons. The van der Waals surface area contributed by atoms with Gasteiger partial charge in [-0.1, -0.05) is 0 Å². The monoisotopic (exact) mass is 225 g/mol. The predicted molar refractivity (Wildman–Crippen MR) is 59.0 cm³/mol. The Labute approximate surface area is 93.5 Å². The number of carboxylic acid groups (broad SMARTS) is 1. The maximum Gasteiger partial charge on any atom is 0.339 e. The average Bonchev–Trinajstić information content (AvgIpc) is 2.19. The molecule has 0 amide bonds. The number of nitrogens with two attached hydrogens (primary N) is 1. The summed E-state index contributed by atoms with van der Waals surface area (Å²) in [6.07, 6.45) is 0.525. The molecule has 0 bridgehead atoms. The summed E-state index contributed by atoms with van der Waals surface area (Å²) in [5, 5.41) is 18.5. The normalized spacial score (nSPS) is 12.2. The molecule has 0 saturated heterocycles. The van der Waals surface area contributed by atoms with Crippen LogP contribution in [0, 0.1) is 0 Å². The number of hydrogen-bond acceptors (Lipinski definition) is 4. The van der Waals surface area contributed by atoms with Crippen molar-refractivity contribution >= 4 is 5.97 Å². The second-order valence-corrected chi connectivity index (χ2v) is 3.68. The largest absolute Gasteiger partial charge is 0.504 e. The molecule has 1 unspecified atom stereocenters. The number of aromatic carboxylic acids is 1. The van der Waals surface area contributed by atoms with Crippen molar-refractivity contribution in [3.8, 4) is 11.5 Å². The minimum absolute atomic E-state index is 0.0871. The van der Waals surface area contributed by atoms with E-state index in [1.807, 2.05) is 6.92 Å². The van der Waals surface area contributed by atoms with E-state index in [0.717, 1.165) is 5.56 Å². The SMILES string of the molecule is COc1cc(CC(C)N)cc(C(=O)O)c1O. The summed E-state index contributed by atoms with van der Waals surface area (Å²) < 4.78 is 4.90. The molecule has 0 aliphatic rings. The summed E-state index contributed by atoms with van der Waals surface area (Å²) in [7, 11) is 1.37. The maximum atomic E-state index is 10.9. The molecule has 0 saturated carbocycles. The highest BCUT2D eigenvalue weighted by atomic mass is 16.5. The lowest BCUT2D eigenvalue weighted by Gasteiger charge is -2.11. The highest BCUT2D eigenvalue weighted by Gasteiger charge is 2.16. The van der Waals surface area contributed by atoms with Crippen LogP contribution in [0.3, 0.4) is 0 Å². The average molecular weight is 225 g/mol. The van der Waals surface area contributed by atoms with Gasteiger partial charge in [-0.15, -0.1) is 0 Å². The number of carboxylic acids is 1. The molecule has 0 aromatic heterocycles. The number of methoxy groups -OCH3 is 1. The molecule has 1 rings (SSSR count). The molecule has 0 aliphatic heterocycles. The third kappa shape index (κ3) is 2.64. The zero-order valence-corrected chi connectivity index (χ0v) is 9.23. The Bertz CT molecular complexity index is 401. The van der Waals surface area contributed by atoms with Crippen molar-refractivity contribution in [2.45, 2.75) is 19.4 Å². The van der Waals surface area contributed by atoms with E-state index in [1.54, 1.807) is 6.07 Å². The molecular weight excluding hydrogens is 210 g/mol. The number of hydrogen-bond donors (Lipinski definition) is 3. The lowest BCUT2D eigenvalue weighted by atomic mass is 10.0. The first-order valence-electron chi connectivity index (χ1n) is 4.84. The van der Waals surface area contributed by atoms with Crippen LogP contribution in [0.5, 0.6) is 11.5 Å². The van der Waals surface area contributed by atoms with Crippen molar-refractivity contribution < 1.29 is 19.7 Å². The van der Waals surface area contributed by atoms with Crippen LogP contribution < -0.4 is 10.5 Å². The minimum atomic E-state index is -1.19. The van der Waals surface area contributed by atoms with E-state index in [1.165, 1.54) is 13.2 Å². The topological polar surface area (TPSA) is 92.8 Å². The Kier molecular flexibility index (Phi) is 3.73. The van der Waals surface area contributed by atoms with Crippen molar-refractivity contribution in [3.63, 3.8) is 0 Å².